The van der Waals surface area contributed by atoms with E-state index in [0.717, 1.165) is 32.2 Å². The van der Waals surface area contributed by atoms with Gasteiger partial charge in [0.1, 0.15) is 0 Å². The number of hydrogen-bond donors (Lipinski definition) is 1. The first-order valence-electron chi connectivity index (χ1n) is 12.1. The maximum absolute atomic E-state index is 13.2. The van der Waals surface area contributed by atoms with E-state index in [2.05, 4.69) is 24.1 Å². The van der Waals surface area contributed by atoms with Gasteiger partial charge >= 0.3 is 0 Å². The third-order valence-corrected chi connectivity index (χ3v) is 8.83. The van der Waals surface area contributed by atoms with E-state index in [1.807, 2.05) is 0 Å². The minimum absolute atomic E-state index is 0.0196. The van der Waals surface area contributed by atoms with E-state index in [-0.39, 0.29) is 11.8 Å². The summed E-state index contributed by atoms with van der Waals surface area (Å²) in [6.07, 6.45) is 8.81. The zero-order chi connectivity index (χ0) is 21.6. The number of piperidine rings is 2. The number of hydrogen-bond acceptors (Lipinski definition) is 4. The summed E-state index contributed by atoms with van der Waals surface area (Å²) in [5, 5.41) is 3.07. The third kappa shape index (κ3) is 6.65. The predicted octanol–water partition coefficient (Wildman–Crippen LogP) is 2.30. The molecule has 3 saturated heterocycles. The van der Waals surface area contributed by atoms with E-state index in [4.69, 9.17) is 0 Å². The summed E-state index contributed by atoms with van der Waals surface area (Å²) in [7, 11) is -3.48. The molecule has 1 N–H and O–H groups in total. The van der Waals surface area contributed by atoms with Crippen molar-refractivity contribution in [3.05, 3.63) is 0 Å². The average Bonchev–Trinajstić information content (AvgIpc) is 2.99. The van der Waals surface area contributed by atoms with Crippen molar-refractivity contribution in [2.24, 2.45) is 17.8 Å². The van der Waals surface area contributed by atoms with Crippen molar-refractivity contribution in [1.82, 2.24) is 18.8 Å². The largest absolute Gasteiger partial charge is 0.356 e. The van der Waals surface area contributed by atoms with Crippen molar-refractivity contribution in [2.75, 3.05) is 52.4 Å². The molecule has 8 heteroatoms. The lowest BCUT2D eigenvalue weighted by atomic mass is 9.94. The van der Waals surface area contributed by atoms with Crippen LogP contribution in [0.4, 0.5) is 0 Å². The van der Waals surface area contributed by atoms with Crippen LogP contribution in [0.1, 0.15) is 65.2 Å². The summed E-state index contributed by atoms with van der Waals surface area (Å²) in [5.41, 5.74) is 0. The summed E-state index contributed by atoms with van der Waals surface area (Å²) < 4.78 is 29.6. The molecule has 0 saturated carbocycles. The van der Waals surface area contributed by atoms with Gasteiger partial charge in [-0.2, -0.15) is 17.0 Å². The molecular formula is C22H42N4O3S. The molecule has 3 atom stereocenters. The van der Waals surface area contributed by atoms with Crippen LogP contribution < -0.4 is 5.32 Å². The quantitative estimate of drug-likeness (QED) is 0.614. The highest BCUT2D eigenvalue weighted by molar-refractivity contribution is 7.86. The molecule has 30 heavy (non-hydrogen) atoms. The van der Waals surface area contributed by atoms with Crippen molar-refractivity contribution in [1.29, 1.82) is 0 Å². The molecule has 0 spiro atoms. The molecule has 174 valence electrons. The minimum Gasteiger partial charge on any atom is -0.356 e. The standard InChI is InChI=1S/C22H42N4O3S/c1-19-15-20(2)17-26(16-19)30(28,29)25-14-7-9-21(18-25)22(27)23-10-8-13-24-11-5-3-4-6-12-24/h19-21H,3-18H2,1-2H3,(H,23,27)/t19-,20+,21-/m0/s1. The number of nitrogens with one attached hydrogen (secondary N) is 1. The summed E-state index contributed by atoms with van der Waals surface area (Å²) in [5.74, 6) is 0.561. The molecule has 0 bridgehead atoms. The maximum Gasteiger partial charge on any atom is 0.282 e. The fourth-order valence-electron chi connectivity index (χ4n) is 5.34. The fraction of sp³-hybridized carbons (Fsp3) is 0.955. The molecule has 0 aromatic rings. The second-order valence-corrected chi connectivity index (χ2v) is 11.8. The molecular weight excluding hydrogens is 400 g/mol. The van der Waals surface area contributed by atoms with Crippen LogP contribution in [0.15, 0.2) is 0 Å². The predicted molar refractivity (Wildman–Crippen MR) is 120 cm³/mol. The molecule has 3 aliphatic rings. The van der Waals surface area contributed by atoms with Gasteiger partial charge in [-0.3, -0.25) is 4.79 Å². The smallest absolute Gasteiger partial charge is 0.282 e. The lowest BCUT2D eigenvalue weighted by molar-refractivity contribution is -0.126. The Labute approximate surface area is 183 Å². The van der Waals surface area contributed by atoms with Gasteiger partial charge in [0.15, 0.2) is 0 Å². The van der Waals surface area contributed by atoms with E-state index in [0.29, 0.717) is 44.6 Å². The average molecular weight is 443 g/mol. The van der Waals surface area contributed by atoms with Gasteiger partial charge in [-0.1, -0.05) is 26.7 Å². The fourth-order valence-corrected chi connectivity index (χ4v) is 7.28. The van der Waals surface area contributed by atoms with E-state index < -0.39 is 10.2 Å². The molecule has 1 amide bonds. The van der Waals surface area contributed by atoms with Crippen LogP contribution in [0.2, 0.25) is 0 Å². The normalized spacial score (nSPS) is 30.7. The molecule has 0 radical (unpaired) electrons. The van der Waals surface area contributed by atoms with E-state index in [1.165, 1.54) is 38.8 Å². The van der Waals surface area contributed by atoms with Crippen LogP contribution in [0, 0.1) is 17.8 Å². The van der Waals surface area contributed by atoms with Crippen LogP contribution in [0.5, 0.6) is 0 Å². The van der Waals surface area contributed by atoms with E-state index in [1.54, 1.807) is 8.61 Å². The van der Waals surface area contributed by atoms with Gasteiger partial charge in [-0.25, -0.2) is 0 Å². The molecule has 0 aromatic heterocycles. The Balaban J connectivity index is 1.44. The van der Waals surface area contributed by atoms with Crippen LogP contribution in [-0.4, -0.2) is 80.2 Å². The van der Waals surface area contributed by atoms with Crippen LogP contribution in [0.3, 0.4) is 0 Å². The topological polar surface area (TPSA) is 73.0 Å². The van der Waals surface area contributed by atoms with Crippen LogP contribution >= 0.6 is 0 Å². The van der Waals surface area contributed by atoms with Crippen molar-refractivity contribution >= 4 is 16.1 Å². The Morgan fingerprint density at radius 3 is 2.23 bits per heavy atom. The SMILES string of the molecule is C[C@@H]1C[C@H](C)CN(S(=O)(=O)N2CCC[C@H](C(=O)NCCCN3CCCCCC3)C2)C1. The lowest BCUT2D eigenvalue weighted by Crippen LogP contribution is -2.53. The van der Waals surface area contributed by atoms with Gasteiger partial charge in [0.05, 0.1) is 5.92 Å². The van der Waals surface area contributed by atoms with E-state index in [9.17, 15) is 13.2 Å². The molecule has 7 nitrogen and oxygen atoms in total. The van der Waals surface area contributed by atoms with Gasteiger partial charge in [0.25, 0.3) is 10.2 Å². The Bertz CT molecular complexity index is 639. The molecule has 3 aliphatic heterocycles. The maximum atomic E-state index is 13.2. The number of carbonyl (C=O) groups excluding carboxylic acids is 1. The van der Waals surface area contributed by atoms with Gasteiger partial charge in [0, 0.05) is 32.7 Å². The molecule has 3 fully saturated rings. The highest BCUT2D eigenvalue weighted by Crippen LogP contribution is 2.27. The van der Waals surface area contributed by atoms with Gasteiger partial charge in [-0.15, -0.1) is 0 Å². The Hall–Kier alpha value is -0.700. The second kappa shape index (κ2) is 11.2. The van der Waals surface area contributed by atoms with Crippen molar-refractivity contribution in [3.63, 3.8) is 0 Å². The minimum atomic E-state index is -3.48. The number of likely N-dealkylation sites (tertiary alicyclic amines) is 1. The first-order chi connectivity index (χ1) is 14.4. The monoisotopic (exact) mass is 442 g/mol. The molecule has 3 heterocycles. The number of carbonyl (C=O) groups is 1. The zero-order valence-corrected chi connectivity index (χ0v) is 19.8. The summed E-state index contributed by atoms with van der Waals surface area (Å²) in [4.78, 5) is 15.2. The highest BCUT2D eigenvalue weighted by Gasteiger charge is 2.38. The third-order valence-electron chi connectivity index (χ3n) is 6.89. The Morgan fingerprint density at radius 2 is 1.57 bits per heavy atom. The highest BCUT2D eigenvalue weighted by atomic mass is 32.2. The molecule has 0 unspecified atom stereocenters. The summed E-state index contributed by atoms with van der Waals surface area (Å²) in [6, 6.07) is 0. The molecule has 0 aromatic carbocycles. The summed E-state index contributed by atoms with van der Waals surface area (Å²) >= 11 is 0. The van der Waals surface area contributed by atoms with Gasteiger partial charge in [-0.05, 0) is 70.0 Å². The van der Waals surface area contributed by atoms with Crippen molar-refractivity contribution in [2.45, 2.75) is 65.2 Å². The first-order valence-corrected chi connectivity index (χ1v) is 13.5. The lowest BCUT2D eigenvalue weighted by Gasteiger charge is -2.39. The summed E-state index contributed by atoms with van der Waals surface area (Å²) in [6.45, 7) is 10.4. The molecule has 0 aliphatic carbocycles. The van der Waals surface area contributed by atoms with Gasteiger partial charge < -0.3 is 10.2 Å². The Morgan fingerprint density at radius 1 is 0.900 bits per heavy atom. The van der Waals surface area contributed by atoms with E-state index >= 15 is 0 Å². The Kier molecular flexibility index (Phi) is 8.98. The van der Waals surface area contributed by atoms with Crippen LogP contribution in [-0.2, 0) is 15.0 Å². The zero-order valence-electron chi connectivity index (χ0n) is 19.0. The number of rotatable bonds is 7. The second-order valence-electron chi connectivity index (χ2n) is 9.87. The van der Waals surface area contributed by atoms with Crippen LogP contribution in [0.25, 0.3) is 0 Å². The van der Waals surface area contributed by atoms with Crippen molar-refractivity contribution in [3.8, 4) is 0 Å². The van der Waals surface area contributed by atoms with Crippen molar-refractivity contribution < 1.29 is 13.2 Å². The van der Waals surface area contributed by atoms with Gasteiger partial charge in [0.2, 0.25) is 5.91 Å². The number of amides is 1. The first kappa shape index (κ1) is 24.0. The molecule has 3 rings (SSSR count). The number of nitrogens with zero attached hydrogens (tertiary/aromatic N) is 3.